The maximum atomic E-state index is 12.6. The van der Waals surface area contributed by atoms with Crippen LogP contribution >= 0.6 is 0 Å². The third kappa shape index (κ3) is 3.74. The summed E-state index contributed by atoms with van der Waals surface area (Å²) in [6, 6.07) is 9.60. The summed E-state index contributed by atoms with van der Waals surface area (Å²) >= 11 is 0. The molecule has 1 aromatic carbocycles. The highest BCUT2D eigenvalue weighted by Gasteiger charge is 2.30. The Kier molecular flexibility index (Phi) is 4.19. The van der Waals surface area contributed by atoms with Crippen LogP contribution in [0.2, 0.25) is 0 Å². The first-order valence-corrected chi connectivity index (χ1v) is 5.21. The van der Waals surface area contributed by atoms with Gasteiger partial charge >= 0.3 is 0 Å². The topological polar surface area (TPSA) is 26.0 Å². The van der Waals surface area contributed by atoms with Gasteiger partial charge in [-0.25, -0.2) is 8.78 Å². The van der Waals surface area contributed by atoms with E-state index in [0.29, 0.717) is 0 Å². The highest BCUT2D eigenvalue weighted by molar-refractivity contribution is 5.52. The third-order valence-electron chi connectivity index (χ3n) is 2.37. The van der Waals surface area contributed by atoms with Gasteiger partial charge in [0.05, 0.1) is 5.54 Å². The summed E-state index contributed by atoms with van der Waals surface area (Å²) in [5, 5.41) is 0. The lowest BCUT2D eigenvalue weighted by Crippen LogP contribution is -2.43. The number of rotatable bonds is 4. The van der Waals surface area contributed by atoms with E-state index in [1.807, 2.05) is 43.3 Å². The van der Waals surface area contributed by atoms with Crippen molar-refractivity contribution in [2.45, 2.75) is 32.2 Å². The van der Waals surface area contributed by atoms with Gasteiger partial charge in [-0.15, -0.1) is 0 Å². The highest BCUT2D eigenvalue weighted by Crippen LogP contribution is 2.22. The van der Waals surface area contributed by atoms with Crippen LogP contribution in [0.4, 0.5) is 8.78 Å². The van der Waals surface area contributed by atoms with Gasteiger partial charge in [0.2, 0.25) is 0 Å². The summed E-state index contributed by atoms with van der Waals surface area (Å²) in [7, 11) is 0. The van der Waals surface area contributed by atoms with Crippen molar-refractivity contribution in [3.8, 4) is 0 Å². The Morgan fingerprint density at radius 3 is 2.44 bits per heavy atom. The largest absolute Gasteiger partial charge is 0.320 e. The van der Waals surface area contributed by atoms with E-state index in [2.05, 4.69) is 0 Å². The monoisotopic (exact) mass is 225 g/mol. The molecule has 1 rings (SSSR count). The van der Waals surface area contributed by atoms with Crippen LogP contribution in [0.25, 0.3) is 6.08 Å². The molecule has 0 radical (unpaired) electrons. The molecule has 0 fully saturated rings. The molecule has 1 aromatic rings. The first kappa shape index (κ1) is 12.8. The van der Waals surface area contributed by atoms with Gasteiger partial charge < -0.3 is 5.73 Å². The van der Waals surface area contributed by atoms with Gasteiger partial charge in [0.25, 0.3) is 6.43 Å². The Bertz CT molecular complexity index is 355. The third-order valence-corrected chi connectivity index (χ3v) is 2.37. The van der Waals surface area contributed by atoms with Crippen LogP contribution in [0, 0.1) is 0 Å². The fraction of sp³-hybridized carbons (Fsp3) is 0.385. The molecule has 0 aromatic heterocycles. The van der Waals surface area contributed by atoms with Crippen molar-refractivity contribution in [2.24, 2.45) is 5.73 Å². The summed E-state index contributed by atoms with van der Waals surface area (Å²) in [6.07, 6.45) is -0.431. The molecule has 1 atom stereocenters. The van der Waals surface area contributed by atoms with Gasteiger partial charge in [-0.1, -0.05) is 42.0 Å². The van der Waals surface area contributed by atoms with E-state index in [0.717, 1.165) is 11.1 Å². The van der Waals surface area contributed by atoms with E-state index in [-0.39, 0.29) is 6.42 Å². The van der Waals surface area contributed by atoms with E-state index < -0.39 is 12.0 Å². The van der Waals surface area contributed by atoms with E-state index in [4.69, 9.17) is 5.73 Å². The first-order chi connectivity index (χ1) is 7.42. The minimum Gasteiger partial charge on any atom is -0.320 e. The number of hydrogen-bond donors (Lipinski definition) is 1. The molecule has 0 saturated heterocycles. The average molecular weight is 225 g/mol. The molecule has 1 unspecified atom stereocenters. The molecule has 2 N–H and O–H groups in total. The van der Waals surface area contributed by atoms with Crippen LogP contribution in [-0.2, 0) is 0 Å². The zero-order chi connectivity index (χ0) is 12.2. The number of alkyl halides is 2. The normalized spacial score (nSPS) is 16.2. The molecule has 0 aliphatic carbocycles. The lowest BCUT2D eigenvalue weighted by Gasteiger charge is -2.23. The summed E-state index contributed by atoms with van der Waals surface area (Å²) in [5.74, 6) is 0. The summed E-state index contributed by atoms with van der Waals surface area (Å²) in [6.45, 7) is 3.19. The smallest absolute Gasteiger partial charge is 0.256 e. The van der Waals surface area contributed by atoms with Gasteiger partial charge in [-0.2, -0.15) is 0 Å². The van der Waals surface area contributed by atoms with E-state index in [1.165, 1.54) is 6.92 Å². The van der Waals surface area contributed by atoms with Crippen molar-refractivity contribution in [1.82, 2.24) is 0 Å². The van der Waals surface area contributed by atoms with E-state index >= 15 is 0 Å². The average Bonchev–Trinajstić information content (AvgIpc) is 2.17. The molecule has 0 aliphatic rings. The van der Waals surface area contributed by atoms with E-state index in [1.54, 1.807) is 0 Å². The number of halogens is 2. The quantitative estimate of drug-likeness (QED) is 0.834. The number of benzene rings is 1. The number of hydrogen-bond acceptors (Lipinski definition) is 1. The maximum absolute atomic E-state index is 12.6. The van der Waals surface area contributed by atoms with Crippen LogP contribution in [-0.4, -0.2) is 12.0 Å². The molecule has 0 heterocycles. The molecule has 0 amide bonds. The molecule has 3 heteroatoms. The molecule has 0 saturated carbocycles. The molecular weight excluding hydrogens is 208 g/mol. The predicted molar refractivity (Wildman–Crippen MR) is 63.3 cm³/mol. The second-order valence-electron chi connectivity index (χ2n) is 4.38. The second kappa shape index (κ2) is 5.21. The zero-order valence-corrected chi connectivity index (χ0v) is 9.58. The molecule has 0 aliphatic heterocycles. The lowest BCUT2D eigenvalue weighted by molar-refractivity contribution is 0.0640. The van der Waals surface area contributed by atoms with Crippen molar-refractivity contribution in [3.63, 3.8) is 0 Å². The molecule has 88 valence electrons. The van der Waals surface area contributed by atoms with Crippen LogP contribution in [0.3, 0.4) is 0 Å². The Balaban J connectivity index is 2.73. The maximum Gasteiger partial charge on any atom is 0.256 e. The second-order valence-corrected chi connectivity index (χ2v) is 4.38. The molecule has 0 bridgehead atoms. The summed E-state index contributed by atoms with van der Waals surface area (Å²) in [5.41, 5.74) is 5.94. The molecular formula is C13H17F2N. The van der Waals surface area contributed by atoms with Gasteiger partial charge in [0.15, 0.2) is 0 Å². The standard InChI is InChI=1S/C13H17F2N/c1-10(9-13(2,16)12(14)15)8-11-6-4-3-5-7-11/h3-8,12H,9,16H2,1-2H3/b10-8+. The Morgan fingerprint density at radius 1 is 1.38 bits per heavy atom. The minimum absolute atomic E-state index is 0.194. The lowest BCUT2D eigenvalue weighted by atomic mass is 9.94. The van der Waals surface area contributed by atoms with Crippen molar-refractivity contribution < 1.29 is 8.78 Å². The van der Waals surface area contributed by atoms with Crippen LogP contribution in [0.15, 0.2) is 35.9 Å². The molecule has 0 spiro atoms. The molecule has 16 heavy (non-hydrogen) atoms. The number of nitrogens with two attached hydrogens (primary N) is 1. The zero-order valence-electron chi connectivity index (χ0n) is 9.58. The minimum atomic E-state index is -2.51. The van der Waals surface area contributed by atoms with Crippen molar-refractivity contribution in [1.29, 1.82) is 0 Å². The SMILES string of the molecule is C/C(=C\c1ccccc1)CC(C)(N)C(F)F. The van der Waals surface area contributed by atoms with Gasteiger partial charge in [-0.05, 0) is 25.8 Å². The fourth-order valence-electron chi connectivity index (χ4n) is 1.56. The molecule has 1 nitrogen and oxygen atoms in total. The van der Waals surface area contributed by atoms with E-state index in [9.17, 15) is 8.78 Å². The Morgan fingerprint density at radius 2 is 1.94 bits per heavy atom. The van der Waals surface area contributed by atoms with Gasteiger partial charge in [-0.3, -0.25) is 0 Å². The fourth-order valence-corrected chi connectivity index (χ4v) is 1.56. The summed E-state index contributed by atoms with van der Waals surface area (Å²) in [4.78, 5) is 0. The summed E-state index contributed by atoms with van der Waals surface area (Å²) < 4.78 is 25.1. The van der Waals surface area contributed by atoms with Crippen LogP contribution in [0.5, 0.6) is 0 Å². The predicted octanol–water partition coefficient (Wildman–Crippen LogP) is 3.46. The van der Waals surface area contributed by atoms with Crippen molar-refractivity contribution in [2.75, 3.05) is 0 Å². The highest BCUT2D eigenvalue weighted by atomic mass is 19.3. The van der Waals surface area contributed by atoms with Crippen molar-refractivity contribution >= 4 is 6.08 Å². The van der Waals surface area contributed by atoms with Crippen molar-refractivity contribution in [3.05, 3.63) is 41.5 Å². The van der Waals surface area contributed by atoms with Gasteiger partial charge in [0, 0.05) is 0 Å². The Labute approximate surface area is 95.0 Å². The first-order valence-electron chi connectivity index (χ1n) is 5.21. The van der Waals surface area contributed by atoms with Crippen LogP contribution < -0.4 is 5.73 Å². The Hall–Kier alpha value is -1.22. The van der Waals surface area contributed by atoms with Crippen LogP contribution in [0.1, 0.15) is 25.8 Å². The van der Waals surface area contributed by atoms with Gasteiger partial charge in [0.1, 0.15) is 0 Å².